The molecule has 0 aliphatic heterocycles. The van der Waals surface area contributed by atoms with Crippen molar-refractivity contribution in [3.05, 3.63) is 22.4 Å². The maximum Gasteiger partial charge on any atom is 0.00870 e. The van der Waals surface area contributed by atoms with Gasteiger partial charge in [-0.1, -0.05) is 20.3 Å². The van der Waals surface area contributed by atoms with Gasteiger partial charge in [-0.15, -0.1) is 0 Å². The van der Waals surface area contributed by atoms with Crippen LogP contribution >= 0.6 is 11.3 Å². The van der Waals surface area contributed by atoms with Crippen LogP contribution in [-0.2, 0) is 6.42 Å². The molecular weight excluding hydrogens is 202 g/mol. The summed E-state index contributed by atoms with van der Waals surface area (Å²) in [6.07, 6.45) is 5.21. The summed E-state index contributed by atoms with van der Waals surface area (Å²) in [5.41, 5.74) is 1.51. The Bertz CT molecular complexity index is 241. The molecule has 1 atom stereocenters. The van der Waals surface area contributed by atoms with Crippen molar-refractivity contribution < 1.29 is 0 Å². The largest absolute Gasteiger partial charge is 0.317 e. The molecule has 0 radical (unpaired) electrons. The Morgan fingerprint density at radius 3 is 2.67 bits per heavy atom. The predicted molar refractivity (Wildman–Crippen MR) is 69.6 cm³/mol. The van der Waals surface area contributed by atoms with Gasteiger partial charge in [0, 0.05) is 6.04 Å². The SMILES string of the molecule is CNC(CCCCc1ccsc1)C(C)C. The van der Waals surface area contributed by atoms with Crippen LogP contribution in [0.15, 0.2) is 16.8 Å². The van der Waals surface area contributed by atoms with Gasteiger partial charge in [0.25, 0.3) is 0 Å². The second-order valence-corrected chi connectivity index (χ2v) is 5.30. The van der Waals surface area contributed by atoms with Gasteiger partial charge in [-0.25, -0.2) is 0 Å². The molecule has 1 aromatic heterocycles. The molecule has 1 aromatic rings. The highest BCUT2D eigenvalue weighted by Gasteiger charge is 2.09. The lowest BCUT2D eigenvalue weighted by molar-refractivity contribution is 0.389. The van der Waals surface area contributed by atoms with E-state index in [0.717, 1.165) is 5.92 Å². The van der Waals surface area contributed by atoms with Crippen molar-refractivity contribution in [1.29, 1.82) is 0 Å². The molecule has 0 saturated heterocycles. The summed E-state index contributed by atoms with van der Waals surface area (Å²) in [7, 11) is 2.07. The summed E-state index contributed by atoms with van der Waals surface area (Å²) in [5.74, 6) is 0.746. The van der Waals surface area contributed by atoms with E-state index in [4.69, 9.17) is 0 Å². The Hall–Kier alpha value is -0.340. The zero-order chi connectivity index (χ0) is 11.1. The van der Waals surface area contributed by atoms with Gasteiger partial charge < -0.3 is 5.32 Å². The average Bonchev–Trinajstić information content (AvgIpc) is 2.70. The van der Waals surface area contributed by atoms with Crippen LogP contribution in [0.3, 0.4) is 0 Å². The van der Waals surface area contributed by atoms with E-state index in [-0.39, 0.29) is 0 Å². The minimum Gasteiger partial charge on any atom is -0.317 e. The number of unbranched alkanes of at least 4 members (excludes halogenated alkanes) is 1. The number of aryl methyl sites for hydroxylation is 1. The molecule has 0 bridgehead atoms. The van der Waals surface area contributed by atoms with Crippen molar-refractivity contribution in [3.8, 4) is 0 Å². The van der Waals surface area contributed by atoms with E-state index in [0.29, 0.717) is 6.04 Å². The molecule has 1 N–H and O–H groups in total. The quantitative estimate of drug-likeness (QED) is 0.698. The highest BCUT2D eigenvalue weighted by atomic mass is 32.1. The van der Waals surface area contributed by atoms with Gasteiger partial charge in [-0.05, 0) is 54.6 Å². The Labute approximate surface area is 97.9 Å². The zero-order valence-electron chi connectivity index (χ0n) is 10.1. The van der Waals surface area contributed by atoms with Gasteiger partial charge >= 0.3 is 0 Å². The highest BCUT2D eigenvalue weighted by molar-refractivity contribution is 7.07. The number of hydrogen-bond donors (Lipinski definition) is 1. The standard InChI is InChI=1S/C13H23NS/c1-11(2)13(14-3)7-5-4-6-12-8-9-15-10-12/h8-11,13-14H,4-7H2,1-3H3. The van der Waals surface area contributed by atoms with Crippen LogP contribution < -0.4 is 5.32 Å². The van der Waals surface area contributed by atoms with Gasteiger partial charge in [0.1, 0.15) is 0 Å². The Morgan fingerprint density at radius 1 is 1.33 bits per heavy atom. The lowest BCUT2D eigenvalue weighted by Gasteiger charge is -2.19. The first-order valence-electron chi connectivity index (χ1n) is 5.92. The first-order valence-corrected chi connectivity index (χ1v) is 6.86. The molecule has 0 spiro atoms. The van der Waals surface area contributed by atoms with Gasteiger partial charge in [-0.2, -0.15) is 11.3 Å². The van der Waals surface area contributed by atoms with Gasteiger partial charge in [0.15, 0.2) is 0 Å². The minimum absolute atomic E-state index is 0.687. The highest BCUT2D eigenvalue weighted by Crippen LogP contribution is 2.13. The molecule has 0 aliphatic rings. The first-order chi connectivity index (χ1) is 7.24. The van der Waals surface area contributed by atoms with E-state index in [1.165, 1.54) is 31.2 Å². The van der Waals surface area contributed by atoms with Gasteiger partial charge in [0.2, 0.25) is 0 Å². The Balaban J connectivity index is 2.10. The normalized spacial score (nSPS) is 13.3. The monoisotopic (exact) mass is 225 g/mol. The van der Waals surface area contributed by atoms with Crippen LogP contribution in [0.5, 0.6) is 0 Å². The third kappa shape index (κ3) is 4.80. The fraction of sp³-hybridized carbons (Fsp3) is 0.692. The molecule has 0 fully saturated rings. The number of thiophene rings is 1. The molecule has 1 heterocycles. The van der Waals surface area contributed by atoms with Crippen LogP contribution in [0.1, 0.15) is 38.7 Å². The van der Waals surface area contributed by atoms with Crippen molar-refractivity contribution in [2.45, 2.75) is 45.6 Å². The lowest BCUT2D eigenvalue weighted by Crippen LogP contribution is -2.30. The van der Waals surface area contributed by atoms with Crippen molar-refractivity contribution in [2.75, 3.05) is 7.05 Å². The zero-order valence-corrected chi connectivity index (χ0v) is 10.9. The topological polar surface area (TPSA) is 12.0 Å². The van der Waals surface area contributed by atoms with E-state index in [2.05, 4.69) is 43.0 Å². The average molecular weight is 225 g/mol. The number of nitrogens with one attached hydrogen (secondary N) is 1. The number of hydrogen-bond acceptors (Lipinski definition) is 2. The van der Waals surface area contributed by atoms with Crippen molar-refractivity contribution in [1.82, 2.24) is 5.32 Å². The first kappa shape index (κ1) is 12.7. The van der Waals surface area contributed by atoms with Crippen LogP contribution in [0.25, 0.3) is 0 Å². The molecule has 0 saturated carbocycles. The smallest absolute Gasteiger partial charge is 0.00870 e. The molecule has 15 heavy (non-hydrogen) atoms. The van der Waals surface area contributed by atoms with Crippen LogP contribution in [0, 0.1) is 5.92 Å². The van der Waals surface area contributed by atoms with E-state index in [9.17, 15) is 0 Å². The molecule has 2 heteroatoms. The minimum atomic E-state index is 0.687. The van der Waals surface area contributed by atoms with Crippen LogP contribution in [0.4, 0.5) is 0 Å². The molecule has 0 amide bonds. The third-order valence-electron chi connectivity index (χ3n) is 2.99. The maximum atomic E-state index is 3.40. The maximum absolute atomic E-state index is 3.40. The number of rotatable bonds is 7. The van der Waals surface area contributed by atoms with Gasteiger partial charge in [0.05, 0.1) is 0 Å². The van der Waals surface area contributed by atoms with E-state index in [1.54, 1.807) is 11.3 Å². The lowest BCUT2D eigenvalue weighted by atomic mass is 9.97. The summed E-state index contributed by atoms with van der Waals surface area (Å²) in [5, 5.41) is 7.83. The second kappa shape index (κ2) is 7.02. The van der Waals surface area contributed by atoms with Gasteiger partial charge in [-0.3, -0.25) is 0 Å². The van der Waals surface area contributed by atoms with Crippen molar-refractivity contribution in [3.63, 3.8) is 0 Å². The summed E-state index contributed by atoms with van der Waals surface area (Å²) >= 11 is 1.80. The molecule has 1 rings (SSSR count). The van der Waals surface area contributed by atoms with E-state index < -0.39 is 0 Å². The summed E-state index contributed by atoms with van der Waals surface area (Å²) in [4.78, 5) is 0. The third-order valence-corrected chi connectivity index (χ3v) is 3.72. The molecule has 0 aromatic carbocycles. The van der Waals surface area contributed by atoms with Crippen LogP contribution in [-0.4, -0.2) is 13.1 Å². The predicted octanol–water partition coefficient (Wildman–Crippen LogP) is 3.70. The Morgan fingerprint density at radius 2 is 2.13 bits per heavy atom. The molecule has 1 nitrogen and oxygen atoms in total. The van der Waals surface area contributed by atoms with E-state index >= 15 is 0 Å². The fourth-order valence-corrected chi connectivity index (χ4v) is 2.64. The summed E-state index contributed by atoms with van der Waals surface area (Å²) < 4.78 is 0. The Kier molecular flexibility index (Phi) is 5.96. The molecule has 1 unspecified atom stereocenters. The molecule has 0 aliphatic carbocycles. The molecular formula is C13H23NS. The summed E-state index contributed by atoms with van der Waals surface area (Å²) in [6.45, 7) is 4.58. The fourth-order valence-electron chi connectivity index (χ4n) is 1.94. The van der Waals surface area contributed by atoms with Crippen molar-refractivity contribution >= 4 is 11.3 Å². The van der Waals surface area contributed by atoms with E-state index in [1.807, 2.05) is 0 Å². The molecule has 86 valence electrons. The van der Waals surface area contributed by atoms with Crippen LogP contribution in [0.2, 0.25) is 0 Å². The second-order valence-electron chi connectivity index (χ2n) is 4.52. The summed E-state index contributed by atoms with van der Waals surface area (Å²) in [6, 6.07) is 2.93. The van der Waals surface area contributed by atoms with Crippen molar-refractivity contribution in [2.24, 2.45) is 5.92 Å².